The molecule has 2 fully saturated rings. The van der Waals surface area contributed by atoms with Gasteiger partial charge in [-0.1, -0.05) is 12.1 Å². The molecule has 24 heavy (non-hydrogen) atoms. The molecule has 5 heteroatoms. The van der Waals surface area contributed by atoms with Crippen molar-refractivity contribution in [2.75, 3.05) is 29.9 Å². The van der Waals surface area contributed by atoms with E-state index < -0.39 is 0 Å². The maximum Gasteiger partial charge on any atom is 0.227 e. The minimum absolute atomic E-state index is 0.0943. The summed E-state index contributed by atoms with van der Waals surface area (Å²) in [6.07, 6.45) is 2.20. The van der Waals surface area contributed by atoms with Crippen molar-refractivity contribution in [2.45, 2.75) is 51.9 Å². The van der Waals surface area contributed by atoms with Crippen LogP contribution in [0.4, 0.5) is 11.4 Å². The van der Waals surface area contributed by atoms with Crippen molar-refractivity contribution in [3.63, 3.8) is 0 Å². The monoisotopic (exact) mass is 331 g/mol. The Labute approximate surface area is 144 Å². The lowest BCUT2D eigenvalue weighted by Crippen LogP contribution is -2.46. The standard InChI is InChI=1S/C19H29N3O2/c1-13-10-16(8-9-20-13)19(23)21-17-6-4-5-7-18(17)22-11-14(2)24-15(3)12-22/h4-7,13-16,20H,8-12H2,1-3H3,(H,21,23)/t13-,14?,15?,16-/m0/s1. The molecule has 1 amide bonds. The van der Waals surface area contributed by atoms with Crippen LogP contribution in [0.5, 0.6) is 0 Å². The van der Waals surface area contributed by atoms with E-state index in [1.165, 1.54) is 0 Å². The fraction of sp³-hybridized carbons (Fsp3) is 0.632. The zero-order valence-corrected chi connectivity index (χ0v) is 14.9. The Kier molecular flexibility index (Phi) is 5.41. The van der Waals surface area contributed by atoms with Crippen LogP contribution in [0.25, 0.3) is 0 Å². The fourth-order valence-corrected chi connectivity index (χ4v) is 3.83. The van der Waals surface area contributed by atoms with Gasteiger partial charge in [-0.15, -0.1) is 0 Å². The highest BCUT2D eigenvalue weighted by Crippen LogP contribution is 2.29. The molecule has 4 atom stereocenters. The lowest BCUT2D eigenvalue weighted by atomic mass is 9.92. The number of benzene rings is 1. The SMILES string of the molecule is CC1CN(c2ccccc2NC(=O)[C@H]2CCN[C@@H](C)C2)CC(C)O1. The summed E-state index contributed by atoms with van der Waals surface area (Å²) in [4.78, 5) is 15.0. The lowest BCUT2D eigenvalue weighted by molar-refractivity contribution is -0.120. The van der Waals surface area contributed by atoms with E-state index in [0.29, 0.717) is 6.04 Å². The van der Waals surface area contributed by atoms with Gasteiger partial charge in [0.25, 0.3) is 0 Å². The van der Waals surface area contributed by atoms with E-state index in [-0.39, 0.29) is 24.0 Å². The number of rotatable bonds is 3. The van der Waals surface area contributed by atoms with Crippen LogP contribution in [0.2, 0.25) is 0 Å². The molecular formula is C19H29N3O2. The van der Waals surface area contributed by atoms with Crippen LogP contribution in [0.3, 0.4) is 0 Å². The minimum atomic E-state index is 0.0943. The van der Waals surface area contributed by atoms with Crippen molar-refractivity contribution in [2.24, 2.45) is 5.92 Å². The molecule has 2 heterocycles. The Bertz CT molecular complexity index is 567. The van der Waals surface area contributed by atoms with Crippen molar-refractivity contribution >= 4 is 17.3 Å². The third-order valence-electron chi connectivity index (χ3n) is 4.92. The number of nitrogens with zero attached hydrogens (tertiary/aromatic N) is 1. The smallest absolute Gasteiger partial charge is 0.227 e. The molecule has 0 radical (unpaired) electrons. The Hall–Kier alpha value is -1.59. The van der Waals surface area contributed by atoms with Crippen molar-refractivity contribution in [3.05, 3.63) is 24.3 Å². The second kappa shape index (κ2) is 7.53. The maximum atomic E-state index is 12.7. The molecule has 2 saturated heterocycles. The summed E-state index contributed by atoms with van der Waals surface area (Å²) in [6.45, 7) is 8.95. The zero-order chi connectivity index (χ0) is 17.1. The summed E-state index contributed by atoms with van der Waals surface area (Å²) in [7, 11) is 0. The first-order chi connectivity index (χ1) is 11.5. The number of carbonyl (C=O) groups excluding carboxylic acids is 1. The summed E-state index contributed by atoms with van der Waals surface area (Å²) >= 11 is 0. The number of piperidine rings is 1. The van der Waals surface area contributed by atoms with Gasteiger partial charge in [0.2, 0.25) is 5.91 Å². The van der Waals surface area contributed by atoms with E-state index in [1.807, 2.05) is 18.2 Å². The molecule has 0 saturated carbocycles. The molecule has 1 aromatic rings. The summed E-state index contributed by atoms with van der Waals surface area (Å²) in [6, 6.07) is 8.51. The Morgan fingerprint density at radius 3 is 2.62 bits per heavy atom. The number of ether oxygens (including phenoxy) is 1. The third-order valence-corrected chi connectivity index (χ3v) is 4.92. The lowest BCUT2D eigenvalue weighted by Gasteiger charge is -2.38. The molecule has 2 N–H and O–H groups in total. The number of anilines is 2. The van der Waals surface area contributed by atoms with Crippen LogP contribution < -0.4 is 15.5 Å². The predicted molar refractivity (Wildman–Crippen MR) is 97.5 cm³/mol. The molecular weight excluding hydrogens is 302 g/mol. The first-order valence-electron chi connectivity index (χ1n) is 9.06. The van der Waals surface area contributed by atoms with Gasteiger partial charge in [-0.25, -0.2) is 0 Å². The number of hydrogen-bond acceptors (Lipinski definition) is 4. The Balaban J connectivity index is 1.73. The highest BCUT2D eigenvalue weighted by Gasteiger charge is 2.27. The molecule has 5 nitrogen and oxygen atoms in total. The van der Waals surface area contributed by atoms with Gasteiger partial charge in [-0.2, -0.15) is 0 Å². The number of amides is 1. The molecule has 3 rings (SSSR count). The van der Waals surface area contributed by atoms with Crippen LogP contribution in [-0.2, 0) is 9.53 Å². The Morgan fingerprint density at radius 1 is 1.21 bits per heavy atom. The first-order valence-corrected chi connectivity index (χ1v) is 9.06. The van der Waals surface area contributed by atoms with Gasteiger partial charge in [-0.3, -0.25) is 4.79 Å². The summed E-state index contributed by atoms with van der Waals surface area (Å²) < 4.78 is 5.83. The Morgan fingerprint density at radius 2 is 1.92 bits per heavy atom. The van der Waals surface area contributed by atoms with E-state index in [4.69, 9.17) is 4.74 Å². The molecule has 2 aliphatic heterocycles. The molecule has 0 bridgehead atoms. The zero-order valence-electron chi connectivity index (χ0n) is 14.9. The number of carbonyl (C=O) groups is 1. The summed E-state index contributed by atoms with van der Waals surface area (Å²) in [5.41, 5.74) is 2.00. The number of para-hydroxylation sites is 2. The largest absolute Gasteiger partial charge is 0.372 e. The highest BCUT2D eigenvalue weighted by molar-refractivity contribution is 5.96. The molecule has 0 spiro atoms. The van der Waals surface area contributed by atoms with Gasteiger partial charge >= 0.3 is 0 Å². The van der Waals surface area contributed by atoms with Gasteiger partial charge in [0.05, 0.1) is 23.6 Å². The molecule has 2 unspecified atom stereocenters. The molecule has 0 aliphatic carbocycles. The minimum Gasteiger partial charge on any atom is -0.372 e. The van der Waals surface area contributed by atoms with Crippen molar-refractivity contribution in [1.29, 1.82) is 0 Å². The number of morpholine rings is 1. The van der Waals surface area contributed by atoms with Crippen molar-refractivity contribution < 1.29 is 9.53 Å². The molecule has 1 aromatic carbocycles. The molecule has 0 aromatic heterocycles. The van der Waals surface area contributed by atoms with Crippen LogP contribution in [0, 0.1) is 5.92 Å². The van der Waals surface area contributed by atoms with Crippen LogP contribution in [0.1, 0.15) is 33.6 Å². The summed E-state index contributed by atoms with van der Waals surface area (Å²) in [5, 5.41) is 6.58. The van der Waals surface area contributed by atoms with Gasteiger partial charge in [0.15, 0.2) is 0 Å². The van der Waals surface area contributed by atoms with Crippen LogP contribution in [0.15, 0.2) is 24.3 Å². The average Bonchev–Trinajstić information content (AvgIpc) is 2.54. The average molecular weight is 331 g/mol. The van der Waals surface area contributed by atoms with Gasteiger partial charge < -0.3 is 20.3 Å². The van der Waals surface area contributed by atoms with Crippen LogP contribution in [-0.4, -0.2) is 43.8 Å². The molecule has 132 valence electrons. The highest BCUT2D eigenvalue weighted by atomic mass is 16.5. The van der Waals surface area contributed by atoms with E-state index in [1.54, 1.807) is 0 Å². The normalized spacial score (nSPS) is 30.9. The van der Waals surface area contributed by atoms with E-state index in [9.17, 15) is 4.79 Å². The van der Waals surface area contributed by atoms with Gasteiger partial charge in [0.1, 0.15) is 0 Å². The second-order valence-corrected chi connectivity index (χ2v) is 7.25. The maximum absolute atomic E-state index is 12.7. The predicted octanol–water partition coefficient (Wildman–Crippen LogP) is 2.63. The topological polar surface area (TPSA) is 53.6 Å². The van der Waals surface area contributed by atoms with Crippen molar-refractivity contribution in [3.8, 4) is 0 Å². The van der Waals surface area contributed by atoms with Gasteiger partial charge in [-0.05, 0) is 52.3 Å². The first kappa shape index (κ1) is 17.2. The van der Waals surface area contributed by atoms with Crippen LogP contribution >= 0.6 is 0 Å². The third kappa shape index (κ3) is 4.08. The van der Waals surface area contributed by atoms with Gasteiger partial charge in [0, 0.05) is 25.0 Å². The number of nitrogens with one attached hydrogen (secondary N) is 2. The molecule has 2 aliphatic rings. The number of hydrogen-bond donors (Lipinski definition) is 2. The van der Waals surface area contributed by atoms with E-state index in [2.05, 4.69) is 42.4 Å². The fourth-order valence-electron chi connectivity index (χ4n) is 3.83. The quantitative estimate of drug-likeness (QED) is 0.894. The second-order valence-electron chi connectivity index (χ2n) is 7.25. The van der Waals surface area contributed by atoms with Crippen molar-refractivity contribution in [1.82, 2.24) is 5.32 Å². The van der Waals surface area contributed by atoms with E-state index >= 15 is 0 Å². The van der Waals surface area contributed by atoms with E-state index in [0.717, 1.165) is 43.9 Å². The summed E-state index contributed by atoms with van der Waals surface area (Å²) in [5.74, 6) is 0.238.